The van der Waals surface area contributed by atoms with Crippen molar-refractivity contribution in [3.63, 3.8) is 0 Å². The van der Waals surface area contributed by atoms with Gasteiger partial charge in [-0.05, 0) is 25.3 Å². The molecule has 0 fully saturated rings. The van der Waals surface area contributed by atoms with Gasteiger partial charge in [-0.1, -0.05) is 13.8 Å². The Hall–Kier alpha value is -1.05. The van der Waals surface area contributed by atoms with Crippen LogP contribution in [0.15, 0.2) is 18.5 Å². The van der Waals surface area contributed by atoms with Gasteiger partial charge in [-0.25, -0.2) is 0 Å². The van der Waals surface area contributed by atoms with E-state index in [1.165, 1.54) is 11.5 Å². The van der Waals surface area contributed by atoms with Crippen LogP contribution in [0.2, 0.25) is 0 Å². The number of hydrogen-bond acceptors (Lipinski definition) is 2. The summed E-state index contributed by atoms with van der Waals surface area (Å²) < 4.78 is 5.48. The first-order valence-corrected chi connectivity index (χ1v) is 4.58. The van der Waals surface area contributed by atoms with Gasteiger partial charge in [-0.15, -0.1) is 0 Å². The van der Waals surface area contributed by atoms with Crippen molar-refractivity contribution in [3.8, 4) is 5.75 Å². The van der Waals surface area contributed by atoms with Crippen molar-refractivity contribution in [1.29, 1.82) is 0 Å². The van der Waals surface area contributed by atoms with Crippen molar-refractivity contribution in [1.82, 2.24) is 4.98 Å². The highest BCUT2D eigenvalue weighted by Crippen LogP contribution is 2.20. The van der Waals surface area contributed by atoms with Crippen LogP contribution in [0.3, 0.4) is 0 Å². The summed E-state index contributed by atoms with van der Waals surface area (Å²) in [7, 11) is 0. The molecule has 0 aliphatic rings. The lowest BCUT2D eigenvalue weighted by atomic mass is 10.0. The maximum atomic E-state index is 5.48. The lowest BCUT2D eigenvalue weighted by molar-refractivity contribution is 0.336. The van der Waals surface area contributed by atoms with Gasteiger partial charge in [-0.3, -0.25) is 4.98 Å². The molecule has 1 heterocycles. The smallest absolute Gasteiger partial charge is 0.125 e. The number of hydrogen-bond donors (Lipinski definition) is 0. The predicted molar refractivity (Wildman–Crippen MR) is 53.7 cm³/mol. The average Bonchev–Trinajstić information content (AvgIpc) is 2.08. The molecule has 0 unspecified atom stereocenters. The van der Waals surface area contributed by atoms with Gasteiger partial charge in [0, 0.05) is 18.0 Å². The van der Waals surface area contributed by atoms with Crippen LogP contribution in [0.4, 0.5) is 0 Å². The van der Waals surface area contributed by atoms with Crippen molar-refractivity contribution in [2.45, 2.75) is 27.2 Å². The van der Waals surface area contributed by atoms with Crippen LogP contribution < -0.4 is 4.74 Å². The second-order valence-electron chi connectivity index (χ2n) is 3.30. The fourth-order valence-corrected chi connectivity index (χ4v) is 1.22. The Morgan fingerprint density at radius 3 is 2.85 bits per heavy atom. The first-order chi connectivity index (χ1) is 6.24. The summed E-state index contributed by atoms with van der Waals surface area (Å²) >= 11 is 0. The van der Waals surface area contributed by atoms with E-state index in [9.17, 15) is 0 Å². The standard InChI is InChI=1S/C11H16NO/c1-4-13-11-5-6-12-8-10(11)7-9(2)3/h5-6,8H,4,7H2,1-3H3. The topological polar surface area (TPSA) is 22.1 Å². The predicted octanol–water partition coefficient (Wildman–Crippen LogP) is 2.64. The minimum absolute atomic E-state index is 0.708. The summed E-state index contributed by atoms with van der Waals surface area (Å²) in [5, 5.41) is 0. The molecule has 2 nitrogen and oxygen atoms in total. The summed E-state index contributed by atoms with van der Waals surface area (Å²) in [6.07, 6.45) is 4.58. The van der Waals surface area contributed by atoms with Crippen molar-refractivity contribution in [3.05, 3.63) is 29.9 Å². The molecule has 0 atom stereocenters. The molecule has 2 heteroatoms. The third kappa shape index (κ3) is 3.05. The zero-order valence-corrected chi connectivity index (χ0v) is 8.50. The number of rotatable bonds is 4. The molecule has 0 saturated carbocycles. The molecular weight excluding hydrogens is 162 g/mol. The molecule has 13 heavy (non-hydrogen) atoms. The Balaban J connectivity index is 2.78. The summed E-state index contributed by atoms with van der Waals surface area (Å²) in [6.45, 7) is 6.93. The van der Waals surface area contributed by atoms with Gasteiger partial charge < -0.3 is 4.74 Å². The van der Waals surface area contributed by atoms with E-state index < -0.39 is 0 Å². The van der Waals surface area contributed by atoms with Gasteiger partial charge in [0.1, 0.15) is 5.75 Å². The normalized spacial score (nSPS) is 10.5. The fraction of sp³-hybridized carbons (Fsp3) is 0.455. The highest BCUT2D eigenvalue weighted by molar-refractivity contribution is 5.31. The van der Waals surface area contributed by atoms with Gasteiger partial charge in [-0.2, -0.15) is 0 Å². The molecule has 0 spiro atoms. The van der Waals surface area contributed by atoms with E-state index in [1.807, 2.05) is 19.2 Å². The van der Waals surface area contributed by atoms with Gasteiger partial charge in [0.25, 0.3) is 0 Å². The summed E-state index contributed by atoms with van der Waals surface area (Å²) in [4.78, 5) is 4.09. The summed E-state index contributed by atoms with van der Waals surface area (Å²) in [5.74, 6) is 2.33. The minimum Gasteiger partial charge on any atom is -0.493 e. The zero-order chi connectivity index (χ0) is 9.68. The Labute approximate surface area is 80.0 Å². The maximum absolute atomic E-state index is 5.48. The van der Waals surface area contributed by atoms with E-state index in [0.29, 0.717) is 6.61 Å². The molecule has 0 aromatic carbocycles. The lowest BCUT2D eigenvalue weighted by Crippen LogP contribution is -1.99. The van der Waals surface area contributed by atoms with Crippen LogP contribution >= 0.6 is 0 Å². The molecular formula is C11H16NO. The molecule has 1 rings (SSSR count). The van der Waals surface area contributed by atoms with Crippen molar-refractivity contribution in [2.24, 2.45) is 0 Å². The molecule has 0 N–H and O–H groups in total. The summed E-state index contributed by atoms with van der Waals surface area (Å²) in [6, 6.07) is 1.92. The second-order valence-corrected chi connectivity index (χ2v) is 3.30. The zero-order valence-electron chi connectivity index (χ0n) is 8.50. The molecule has 0 aliphatic heterocycles. The van der Waals surface area contributed by atoms with Crippen LogP contribution in [-0.2, 0) is 6.42 Å². The van der Waals surface area contributed by atoms with Crippen LogP contribution in [-0.4, -0.2) is 11.6 Å². The van der Waals surface area contributed by atoms with Crippen molar-refractivity contribution >= 4 is 0 Å². The minimum atomic E-state index is 0.708. The van der Waals surface area contributed by atoms with E-state index in [1.54, 1.807) is 6.20 Å². The Morgan fingerprint density at radius 1 is 1.46 bits per heavy atom. The van der Waals surface area contributed by atoms with Crippen LogP contribution in [0.5, 0.6) is 5.75 Å². The average molecular weight is 178 g/mol. The van der Waals surface area contributed by atoms with Gasteiger partial charge >= 0.3 is 0 Å². The molecule has 1 radical (unpaired) electrons. The van der Waals surface area contributed by atoms with Crippen LogP contribution in [0.25, 0.3) is 0 Å². The van der Waals surface area contributed by atoms with Gasteiger partial charge in [0.05, 0.1) is 6.61 Å². The fourth-order valence-electron chi connectivity index (χ4n) is 1.22. The number of aromatic nitrogens is 1. The lowest BCUT2D eigenvalue weighted by Gasteiger charge is -2.10. The van der Waals surface area contributed by atoms with Gasteiger partial charge in [0.15, 0.2) is 0 Å². The number of nitrogens with zero attached hydrogens (tertiary/aromatic N) is 1. The third-order valence-electron chi connectivity index (χ3n) is 1.70. The van der Waals surface area contributed by atoms with Crippen LogP contribution in [0.1, 0.15) is 26.3 Å². The SMILES string of the molecule is CCOc1ccncc1C[C](C)C. The Bertz CT molecular complexity index is 258. The monoisotopic (exact) mass is 178 g/mol. The molecule has 1 aromatic heterocycles. The molecule has 0 amide bonds. The number of pyridine rings is 1. The summed E-state index contributed by atoms with van der Waals surface area (Å²) in [5.41, 5.74) is 1.17. The van der Waals surface area contributed by atoms with Crippen molar-refractivity contribution in [2.75, 3.05) is 6.61 Å². The van der Waals surface area contributed by atoms with Gasteiger partial charge in [0.2, 0.25) is 0 Å². The Morgan fingerprint density at radius 2 is 2.23 bits per heavy atom. The molecule has 0 aliphatic carbocycles. The maximum Gasteiger partial charge on any atom is 0.125 e. The van der Waals surface area contributed by atoms with Crippen molar-refractivity contribution < 1.29 is 4.74 Å². The second kappa shape index (κ2) is 4.85. The molecule has 0 saturated heterocycles. The highest BCUT2D eigenvalue weighted by atomic mass is 16.5. The first kappa shape index (κ1) is 10.0. The molecule has 1 aromatic rings. The Kier molecular flexibility index (Phi) is 3.74. The van der Waals surface area contributed by atoms with E-state index in [-0.39, 0.29) is 0 Å². The highest BCUT2D eigenvalue weighted by Gasteiger charge is 2.04. The molecule has 71 valence electrons. The van der Waals surface area contributed by atoms with Crippen LogP contribution in [0, 0.1) is 5.92 Å². The third-order valence-corrected chi connectivity index (χ3v) is 1.70. The van der Waals surface area contributed by atoms with E-state index in [0.717, 1.165) is 12.2 Å². The molecule has 0 bridgehead atoms. The van der Waals surface area contributed by atoms with E-state index in [2.05, 4.69) is 18.8 Å². The quantitative estimate of drug-likeness (QED) is 0.707. The van der Waals surface area contributed by atoms with E-state index in [4.69, 9.17) is 4.74 Å². The number of ether oxygens (including phenoxy) is 1. The first-order valence-electron chi connectivity index (χ1n) is 4.58. The van der Waals surface area contributed by atoms with E-state index >= 15 is 0 Å². The largest absolute Gasteiger partial charge is 0.493 e.